The minimum absolute atomic E-state index is 0.158. The van der Waals surface area contributed by atoms with Crippen LogP contribution in [0, 0.1) is 6.92 Å². The predicted molar refractivity (Wildman–Crippen MR) is 200 cm³/mol. The molecular weight excluding hydrogens is 564 g/mol. The van der Waals surface area contributed by atoms with Gasteiger partial charge in [-0.25, -0.2) is 0 Å². The number of hydrogen-bond acceptors (Lipinski definition) is 4. The summed E-state index contributed by atoms with van der Waals surface area (Å²) in [4.78, 5) is 9.70. The Morgan fingerprint density at radius 2 is 1.26 bits per heavy atom. The zero-order valence-corrected chi connectivity index (χ0v) is 29.4. The summed E-state index contributed by atoms with van der Waals surface area (Å²) in [6.07, 6.45) is 14.0. The summed E-state index contributed by atoms with van der Waals surface area (Å²) in [6.45, 7) is 15.1. The van der Waals surface area contributed by atoms with Crippen molar-refractivity contribution in [2.75, 3.05) is 0 Å². The Morgan fingerprint density at radius 1 is 0.652 bits per heavy atom. The van der Waals surface area contributed by atoms with E-state index in [0.717, 1.165) is 85.8 Å². The third kappa shape index (κ3) is 10.0. The minimum atomic E-state index is 0.158. The zero-order valence-electron chi connectivity index (χ0n) is 29.4. The van der Waals surface area contributed by atoms with Gasteiger partial charge < -0.3 is 10.2 Å². The molecule has 0 saturated carbocycles. The highest BCUT2D eigenvalue weighted by Gasteiger charge is 2.12. The van der Waals surface area contributed by atoms with Gasteiger partial charge in [0, 0.05) is 6.21 Å². The quantitative estimate of drug-likeness (QED) is 0.109. The summed E-state index contributed by atoms with van der Waals surface area (Å²) in [6, 6.07) is 20.6. The average Bonchev–Trinajstić information content (AvgIpc) is 3.08. The van der Waals surface area contributed by atoms with E-state index in [1.807, 2.05) is 31.3 Å². The largest absolute Gasteiger partial charge is 0.507 e. The highest BCUT2D eigenvalue weighted by molar-refractivity contribution is 6.31. The number of rotatable bonds is 14. The summed E-state index contributed by atoms with van der Waals surface area (Å²) in [5.74, 6) is 0.354. The standard InChI is InChI=1S/C26H36N2.C16H20O2/c1-6-11-12-26(28-25-16-14-21(8-3)23(10-5)18-25)19-27-24-15-13-20(7-2)22(9-4)17-24;1-3-4-5-7-12-10-11(2)16(18)15-13(12)8-6-9-14(15)17/h13-19H,6-12H2,1-5H3;6,8-10,17-18H,3-5,7H2,1-2H3. The monoisotopic (exact) mass is 620 g/mol. The number of benzene rings is 4. The lowest BCUT2D eigenvalue weighted by Crippen LogP contribution is -2.00. The van der Waals surface area contributed by atoms with Gasteiger partial charge in [-0.3, -0.25) is 9.98 Å². The van der Waals surface area contributed by atoms with Gasteiger partial charge in [-0.1, -0.05) is 91.1 Å². The Kier molecular flexibility index (Phi) is 15.0. The molecule has 0 aliphatic carbocycles. The minimum Gasteiger partial charge on any atom is -0.507 e. The van der Waals surface area contributed by atoms with E-state index < -0.39 is 0 Å². The first-order valence-electron chi connectivity index (χ1n) is 17.6. The molecule has 0 aliphatic heterocycles. The number of aromatic hydroxyl groups is 2. The van der Waals surface area contributed by atoms with Crippen molar-refractivity contribution in [3.63, 3.8) is 0 Å². The lowest BCUT2D eigenvalue weighted by molar-refractivity contribution is 0.461. The van der Waals surface area contributed by atoms with E-state index in [0.29, 0.717) is 5.39 Å². The van der Waals surface area contributed by atoms with Crippen molar-refractivity contribution >= 4 is 34.1 Å². The van der Waals surface area contributed by atoms with Crippen LogP contribution in [-0.2, 0) is 32.1 Å². The van der Waals surface area contributed by atoms with Crippen LogP contribution in [-0.4, -0.2) is 22.1 Å². The van der Waals surface area contributed by atoms with Gasteiger partial charge in [-0.2, -0.15) is 0 Å². The molecule has 46 heavy (non-hydrogen) atoms. The van der Waals surface area contributed by atoms with Crippen LogP contribution in [0.5, 0.6) is 11.5 Å². The van der Waals surface area contributed by atoms with Crippen LogP contribution in [0.15, 0.2) is 70.6 Å². The maximum atomic E-state index is 10.1. The lowest BCUT2D eigenvalue weighted by Gasteiger charge is -2.12. The van der Waals surface area contributed by atoms with E-state index in [4.69, 9.17) is 9.98 Å². The molecule has 4 heteroatoms. The molecule has 0 atom stereocenters. The molecular formula is C42H56N2O2. The van der Waals surface area contributed by atoms with Gasteiger partial charge in [-0.15, -0.1) is 0 Å². The van der Waals surface area contributed by atoms with Gasteiger partial charge in [-0.05, 0) is 127 Å². The summed E-state index contributed by atoms with van der Waals surface area (Å²) in [5, 5.41) is 21.5. The van der Waals surface area contributed by atoms with Gasteiger partial charge >= 0.3 is 0 Å². The molecule has 2 N–H and O–H groups in total. The summed E-state index contributed by atoms with van der Waals surface area (Å²) >= 11 is 0. The molecule has 4 aromatic rings. The average molecular weight is 621 g/mol. The molecule has 0 unspecified atom stereocenters. The molecule has 0 radical (unpaired) electrons. The van der Waals surface area contributed by atoms with Crippen LogP contribution in [0.3, 0.4) is 0 Å². The van der Waals surface area contributed by atoms with E-state index in [1.54, 1.807) is 6.07 Å². The Labute approximate surface area is 278 Å². The molecule has 4 rings (SSSR count). The van der Waals surface area contributed by atoms with Crippen LogP contribution >= 0.6 is 0 Å². The maximum Gasteiger partial charge on any atom is 0.130 e. The van der Waals surface area contributed by atoms with Gasteiger partial charge in [0.15, 0.2) is 0 Å². The van der Waals surface area contributed by atoms with Crippen LogP contribution < -0.4 is 0 Å². The first-order chi connectivity index (χ1) is 22.3. The van der Waals surface area contributed by atoms with Crippen molar-refractivity contribution in [2.24, 2.45) is 9.98 Å². The first-order valence-corrected chi connectivity index (χ1v) is 17.6. The number of aliphatic imine (C=N–C) groups is 2. The van der Waals surface area contributed by atoms with Crippen LogP contribution in [0.4, 0.5) is 11.4 Å². The maximum absolute atomic E-state index is 10.1. The van der Waals surface area contributed by atoms with Gasteiger partial charge in [0.05, 0.1) is 22.5 Å². The van der Waals surface area contributed by atoms with Gasteiger partial charge in [0.1, 0.15) is 11.5 Å². The molecule has 4 aromatic carbocycles. The van der Waals surface area contributed by atoms with Crippen molar-refractivity contribution in [2.45, 2.75) is 119 Å². The number of hydrogen-bond donors (Lipinski definition) is 2. The van der Waals surface area contributed by atoms with E-state index in [2.05, 4.69) is 77.9 Å². The number of phenols is 2. The second-order valence-corrected chi connectivity index (χ2v) is 12.1. The summed E-state index contributed by atoms with van der Waals surface area (Å²) < 4.78 is 0. The van der Waals surface area contributed by atoms with Crippen LogP contribution in [0.1, 0.15) is 113 Å². The normalized spacial score (nSPS) is 11.7. The van der Waals surface area contributed by atoms with E-state index >= 15 is 0 Å². The van der Waals surface area contributed by atoms with E-state index in [-0.39, 0.29) is 11.5 Å². The van der Waals surface area contributed by atoms with Crippen LogP contribution in [0.2, 0.25) is 0 Å². The van der Waals surface area contributed by atoms with Gasteiger partial charge in [0.2, 0.25) is 0 Å². The molecule has 0 bridgehead atoms. The zero-order chi connectivity index (χ0) is 33.5. The SMILES string of the molecule is CCCCC(C=Nc1ccc(CC)c(CC)c1)=Nc1ccc(CC)c(CC)c1.CCCCCc1cc(C)c(O)c2c(O)cccc12. The summed E-state index contributed by atoms with van der Waals surface area (Å²) in [5.41, 5.74) is 10.8. The highest BCUT2D eigenvalue weighted by Crippen LogP contribution is 2.37. The Morgan fingerprint density at radius 3 is 1.87 bits per heavy atom. The van der Waals surface area contributed by atoms with Gasteiger partial charge in [0.25, 0.3) is 0 Å². The molecule has 0 aromatic heterocycles. The summed E-state index contributed by atoms with van der Waals surface area (Å²) in [7, 11) is 0. The third-order valence-electron chi connectivity index (χ3n) is 8.76. The number of phenolic OH excluding ortho intramolecular Hbond substituents is 2. The highest BCUT2D eigenvalue weighted by atomic mass is 16.3. The van der Waals surface area contributed by atoms with E-state index in [1.165, 1.54) is 40.7 Å². The van der Waals surface area contributed by atoms with Crippen molar-refractivity contribution < 1.29 is 10.2 Å². The number of aryl methyl sites for hydroxylation is 6. The molecule has 0 amide bonds. The number of unbranched alkanes of at least 4 members (excludes halogenated alkanes) is 3. The fourth-order valence-electron chi connectivity index (χ4n) is 5.98. The molecule has 0 spiro atoms. The Hall–Kier alpha value is -3.92. The third-order valence-corrected chi connectivity index (χ3v) is 8.76. The second kappa shape index (κ2) is 18.9. The molecule has 4 nitrogen and oxygen atoms in total. The molecule has 246 valence electrons. The van der Waals surface area contributed by atoms with Crippen molar-refractivity contribution in [3.05, 3.63) is 94.0 Å². The smallest absolute Gasteiger partial charge is 0.130 e. The Balaban J connectivity index is 0.000000275. The topological polar surface area (TPSA) is 65.2 Å². The van der Waals surface area contributed by atoms with Crippen molar-refractivity contribution in [1.82, 2.24) is 0 Å². The van der Waals surface area contributed by atoms with Crippen LogP contribution in [0.25, 0.3) is 10.8 Å². The molecule has 0 heterocycles. The first kappa shape index (κ1) is 36.5. The van der Waals surface area contributed by atoms with Crippen molar-refractivity contribution in [3.8, 4) is 11.5 Å². The number of nitrogens with zero attached hydrogens (tertiary/aromatic N) is 2. The Bertz CT molecular complexity index is 1620. The van der Waals surface area contributed by atoms with E-state index in [9.17, 15) is 10.2 Å². The van der Waals surface area contributed by atoms with Crippen molar-refractivity contribution in [1.29, 1.82) is 0 Å². The number of fused-ring (bicyclic) bond motifs is 1. The fourth-order valence-corrected chi connectivity index (χ4v) is 5.98. The molecule has 0 fully saturated rings. The predicted octanol–water partition coefficient (Wildman–Crippen LogP) is 11.9. The molecule has 0 aliphatic rings. The lowest BCUT2D eigenvalue weighted by atomic mass is 9.96. The fraction of sp³-hybridized carbons (Fsp3) is 0.429. The molecule has 0 saturated heterocycles. The second-order valence-electron chi connectivity index (χ2n) is 12.1.